The third kappa shape index (κ3) is 4.06. The van der Waals surface area contributed by atoms with Crippen LogP contribution in [0.3, 0.4) is 0 Å². The second kappa shape index (κ2) is 9.36. The molecule has 2 heterocycles. The zero-order valence-corrected chi connectivity index (χ0v) is 19.7. The second-order valence-electron chi connectivity index (χ2n) is 7.98. The van der Waals surface area contributed by atoms with Crippen molar-refractivity contribution in [2.75, 3.05) is 18.5 Å². The number of thioether (sulfide) groups is 1. The summed E-state index contributed by atoms with van der Waals surface area (Å²) < 4.78 is 2.12. The van der Waals surface area contributed by atoms with Crippen molar-refractivity contribution in [3.05, 3.63) is 31.9 Å². The first-order valence-corrected chi connectivity index (χ1v) is 11.7. The van der Waals surface area contributed by atoms with E-state index in [0.717, 1.165) is 56.5 Å². The number of nitriles is 1. The first kappa shape index (κ1) is 22.6. The van der Waals surface area contributed by atoms with E-state index in [1.54, 1.807) is 18.9 Å². The van der Waals surface area contributed by atoms with Crippen LogP contribution in [0.4, 0.5) is 5.82 Å². The lowest BCUT2D eigenvalue weighted by molar-refractivity contribution is -0.123. The zero-order chi connectivity index (χ0) is 22.0. The molecule has 2 aliphatic rings. The summed E-state index contributed by atoms with van der Waals surface area (Å²) in [6, 6.07) is 2.23. The highest BCUT2D eigenvalue weighted by Gasteiger charge is 2.38. The molecule has 6 nitrogen and oxygen atoms in total. The summed E-state index contributed by atoms with van der Waals surface area (Å²) in [5.74, 6) is 0.655. The van der Waals surface area contributed by atoms with Gasteiger partial charge < -0.3 is 4.90 Å². The smallest absolute Gasteiger partial charge is 0.270 e. The van der Waals surface area contributed by atoms with Crippen molar-refractivity contribution >= 4 is 46.1 Å². The number of carbonyl (C=O) groups excluding carboxylic acids is 1. The fourth-order valence-corrected chi connectivity index (χ4v) is 5.65. The molecule has 0 spiro atoms. The maximum Gasteiger partial charge on any atom is 0.270 e. The van der Waals surface area contributed by atoms with Crippen molar-refractivity contribution in [2.24, 2.45) is 7.05 Å². The molecule has 0 atom stereocenters. The molecule has 1 aliphatic heterocycles. The first-order valence-electron chi connectivity index (χ1n) is 10.4. The number of hydrogen-bond acceptors (Lipinski definition) is 6. The van der Waals surface area contributed by atoms with Crippen LogP contribution in [-0.4, -0.2) is 39.3 Å². The van der Waals surface area contributed by atoms with E-state index in [1.807, 2.05) is 24.1 Å². The molecule has 2 fully saturated rings. The molecule has 1 aromatic heterocycles. The molecule has 0 radical (unpaired) electrons. The Bertz CT molecular complexity index is 1000. The second-order valence-corrected chi connectivity index (χ2v) is 9.65. The lowest BCUT2D eigenvalue weighted by atomic mass is 10.0. The zero-order valence-electron chi connectivity index (χ0n) is 18.0. The number of nitrogens with zero attached hydrogens (tertiary/aromatic N) is 4. The van der Waals surface area contributed by atoms with Crippen LogP contribution >= 0.6 is 24.0 Å². The molecule has 0 unspecified atom stereocenters. The van der Waals surface area contributed by atoms with Gasteiger partial charge in [-0.15, -0.1) is 0 Å². The molecule has 0 aromatic carbocycles. The Kier molecular flexibility index (Phi) is 7.04. The predicted molar refractivity (Wildman–Crippen MR) is 127 cm³/mol. The largest absolute Gasteiger partial charge is 0.360 e. The third-order valence-electron chi connectivity index (χ3n) is 5.97. The van der Waals surface area contributed by atoms with Crippen molar-refractivity contribution in [3.8, 4) is 6.07 Å². The minimum Gasteiger partial charge on any atom is -0.360 e. The van der Waals surface area contributed by atoms with E-state index in [9.17, 15) is 14.9 Å². The van der Waals surface area contributed by atoms with Gasteiger partial charge in [0.05, 0.1) is 4.91 Å². The van der Waals surface area contributed by atoms with Gasteiger partial charge in [-0.1, -0.05) is 50.2 Å². The van der Waals surface area contributed by atoms with E-state index in [2.05, 4.69) is 6.92 Å². The highest BCUT2D eigenvalue weighted by atomic mass is 32.2. The lowest BCUT2D eigenvalue weighted by Crippen LogP contribution is -2.36. The maximum atomic E-state index is 13.2. The molecule has 1 amide bonds. The number of aromatic nitrogens is 1. The molecule has 160 valence electrons. The topological polar surface area (TPSA) is 69.3 Å². The normalized spacial score (nSPS) is 18.5. The summed E-state index contributed by atoms with van der Waals surface area (Å²) in [4.78, 5) is 30.3. The predicted octanol–water partition coefficient (Wildman–Crippen LogP) is 3.95. The maximum absolute atomic E-state index is 13.2. The van der Waals surface area contributed by atoms with Crippen LogP contribution in [0.5, 0.6) is 0 Å². The molecule has 8 heteroatoms. The molecular weight excluding hydrogens is 416 g/mol. The molecule has 1 saturated heterocycles. The van der Waals surface area contributed by atoms with Gasteiger partial charge in [-0.25, -0.2) is 0 Å². The monoisotopic (exact) mass is 444 g/mol. The highest BCUT2D eigenvalue weighted by Crippen LogP contribution is 2.39. The number of carbonyl (C=O) groups is 1. The standard InChI is InChI=1S/C22H28N4O2S2/c1-5-6-11-24(3)19-16(14(2)17(13-23)20(27)25(19)4)12-18-21(28)26(22(29)30-18)15-9-7-8-10-15/h12,15H,5-11H2,1-4H3/b18-12-. The molecular formula is C22H28N4O2S2. The van der Waals surface area contributed by atoms with E-state index in [-0.39, 0.29) is 23.1 Å². The third-order valence-corrected chi connectivity index (χ3v) is 7.30. The lowest BCUT2D eigenvalue weighted by Gasteiger charge is -2.26. The Morgan fingerprint density at radius 3 is 2.60 bits per heavy atom. The highest BCUT2D eigenvalue weighted by molar-refractivity contribution is 8.26. The number of unbranched alkanes of at least 4 members (excludes halogenated alkanes) is 1. The Balaban J connectivity index is 2.11. The van der Waals surface area contributed by atoms with E-state index in [1.165, 1.54) is 16.3 Å². The average molecular weight is 445 g/mol. The average Bonchev–Trinajstić information content (AvgIpc) is 3.32. The van der Waals surface area contributed by atoms with E-state index in [4.69, 9.17) is 12.2 Å². The van der Waals surface area contributed by atoms with Crippen LogP contribution in [0.1, 0.15) is 62.1 Å². The summed E-state index contributed by atoms with van der Waals surface area (Å²) in [5, 5.41) is 9.56. The summed E-state index contributed by atoms with van der Waals surface area (Å²) >= 11 is 6.84. The van der Waals surface area contributed by atoms with Crippen LogP contribution < -0.4 is 10.5 Å². The minimum absolute atomic E-state index is 0.0641. The fourth-order valence-electron chi connectivity index (χ4n) is 4.26. The fraction of sp³-hybridized carbons (Fsp3) is 0.545. The van der Waals surface area contributed by atoms with Gasteiger partial charge in [0.25, 0.3) is 11.5 Å². The molecule has 0 N–H and O–H groups in total. The van der Waals surface area contributed by atoms with Gasteiger partial charge in [0, 0.05) is 32.2 Å². The SMILES string of the molecule is CCCCN(C)c1c(/C=C2\SC(=S)N(C3CCCC3)C2=O)c(C)c(C#N)c(=O)n1C. The van der Waals surface area contributed by atoms with Gasteiger partial charge >= 0.3 is 0 Å². The van der Waals surface area contributed by atoms with Gasteiger partial charge in [-0.2, -0.15) is 5.26 Å². The number of anilines is 1. The first-order chi connectivity index (χ1) is 14.3. The summed E-state index contributed by atoms with van der Waals surface area (Å²) in [5.41, 5.74) is 1.14. The van der Waals surface area contributed by atoms with E-state index >= 15 is 0 Å². The number of amides is 1. The van der Waals surface area contributed by atoms with Gasteiger partial charge in [0.15, 0.2) is 0 Å². The Morgan fingerprint density at radius 1 is 1.33 bits per heavy atom. The minimum atomic E-state index is -0.316. The Hall–Kier alpha value is -2.11. The molecule has 0 bridgehead atoms. The van der Waals surface area contributed by atoms with Crippen LogP contribution in [0.25, 0.3) is 6.08 Å². The molecule has 1 aliphatic carbocycles. The van der Waals surface area contributed by atoms with Crippen molar-refractivity contribution in [2.45, 2.75) is 58.4 Å². The molecule has 1 aromatic rings. The Labute approximate surface area is 187 Å². The van der Waals surface area contributed by atoms with Crippen molar-refractivity contribution in [1.82, 2.24) is 9.47 Å². The van der Waals surface area contributed by atoms with Crippen molar-refractivity contribution in [3.63, 3.8) is 0 Å². The van der Waals surface area contributed by atoms with Gasteiger partial charge in [0.1, 0.15) is 21.8 Å². The van der Waals surface area contributed by atoms with E-state index < -0.39 is 0 Å². The summed E-state index contributed by atoms with van der Waals surface area (Å²) in [6.07, 6.45) is 8.05. The number of pyridine rings is 1. The van der Waals surface area contributed by atoms with Crippen molar-refractivity contribution < 1.29 is 4.79 Å². The van der Waals surface area contributed by atoms with Gasteiger partial charge in [0.2, 0.25) is 0 Å². The van der Waals surface area contributed by atoms with Crippen LogP contribution in [0.2, 0.25) is 0 Å². The van der Waals surface area contributed by atoms with Crippen LogP contribution in [-0.2, 0) is 11.8 Å². The quantitative estimate of drug-likeness (QED) is 0.489. The van der Waals surface area contributed by atoms with Gasteiger partial charge in [-0.3, -0.25) is 19.1 Å². The molecule has 1 saturated carbocycles. The van der Waals surface area contributed by atoms with Crippen LogP contribution in [0.15, 0.2) is 9.70 Å². The van der Waals surface area contributed by atoms with E-state index in [0.29, 0.717) is 14.8 Å². The van der Waals surface area contributed by atoms with Crippen LogP contribution in [0, 0.1) is 18.3 Å². The van der Waals surface area contributed by atoms with Gasteiger partial charge in [-0.05, 0) is 37.8 Å². The number of thiocarbonyl (C=S) groups is 1. The summed E-state index contributed by atoms with van der Waals surface area (Å²) in [6.45, 7) is 4.67. The molecule has 3 rings (SSSR count). The van der Waals surface area contributed by atoms with Crippen molar-refractivity contribution in [1.29, 1.82) is 5.26 Å². The number of rotatable bonds is 6. The molecule has 30 heavy (non-hydrogen) atoms. The number of hydrogen-bond donors (Lipinski definition) is 0. The summed E-state index contributed by atoms with van der Waals surface area (Å²) in [7, 11) is 3.62. The Morgan fingerprint density at radius 2 is 2.00 bits per heavy atom.